The fourth-order valence-corrected chi connectivity index (χ4v) is 3.04. The lowest BCUT2D eigenvalue weighted by molar-refractivity contribution is 0.0698. The third-order valence-corrected chi connectivity index (χ3v) is 4.60. The normalized spacial score (nSPS) is 16.4. The van der Waals surface area contributed by atoms with Crippen LogP contribution in [0.15, 0.2) is 12.1 Å². The molecule has 0 unspecified atom stereocenters. The van der Waals surface area contributed by atoms with Crippen molar-refractivity contribution in [1.82, 2.24) is 9.80 Å². The highest BCUT2D eigenvalue weighted by atomic mass is 16.5. The van der Waals surface area contributed by atoms with Gasteiger partial charge in [-0.2, -0.15) is 0 Å². The van der Waals surface area contributed by atoms with Gasteiger partial charge in [0.15, 0.2) is 0 Å². The van der Waals surface area contributed by atoms with E-state index in [9.17, 15) is 4.79 Å². The fraction of sp³-hybridized carbons (Fsp3) is 0.588. The van der Waals surface area contributed by atoms with E-state index in [1.807, 2.05) is 0 Å². The number of aromatic carboxylic acids is 1. The molecule has 0 aromatic heterocycles. The number of hydrogen-bond donors (Lipinski definition) is 3. The van der Waals surface area contributed by atoms with Gasteiger partial charge < -0.3 is 26.2 Å². The summed E-state index contributed by atoms with van der Waals surface area (Å²) in [5.41, 5.74) is 13.4. The van der Waals surface area contributed by atoms with E-state index < -0.39 is 5.97 Å². The Kier molecular flexibility index (Phi) is 6.84. The van der Waals surface area contributed by atoms with E-state index >= 15 is 0 Å². The van der Waals surface area contributed by atoms with Crippen LogP contribution in [0, 0.1) is 0 Å². The number of piperazine rings is 1. The summed E-state index contributed by atoms with van der Waals surface area (Å²) in [5.74, 6) is -1.04. The Hall–Kier alpha value is -1.83. The lowest BCUT2D eigenvalue weighted by Crippen LogP contribution is -2.47. The summed E-state index contributed by atoms with van der Waals surface area (Å²) in [7, 11) is 1.73. The number of carboxylic acids is 1. The van der Waals surface area contributed by atoms with Crippen molar-refractivity contribution in [3.05, 3.63) is 23.3 Å². The van der Waals surface area contributed by atoms with Crippen LogP contribution in [0.3, 0.4) is 0 Å². The number of hydrogen-bond acceptors (Lipinski definition) is 6. The van der Waals surface area contributed by atoms with E-state index in [0.717, 1.165) is 64.3 Å². The Labute approximate surface area is 143 Å². The van der Waals surface area contributed by atoms with E-state index in [-0.39, 0.29) is 11.3 Å². The van der Waals surface area contributed by atoms with Crippen molar-refractivity contribution >= 4 is 17.3 Å². The van der Waals surface area contributed by atoms with Gasteiger partial charge in [0, 0.05) is 39.8 Å². The van der Waals surface area contributed by atoms with Crippen molar-refractivity contribution in [3.8, 4) is 0 Å². The van der Waals surface area contributed by atoms with E-state index in [0.29, 0.717) is 5.69 Å². The zero-order chi connectivity index (χ0) is 17.5. The van der Waals surface area contributed by atoms with Gasteiger partial charge in [-0.1, -0.05) is 6.07 Å². The quantitative estimate of drug-likeness (QED) is 0.602. The van der Waals surface area contributed by atoms with Crippen molar-refractivity contribution in [2.45, 2.75) is 12.8 Å². The summed E-state index contributed by atoms with van der Waals surface area (Å²) >= 11 is 0. The minimum atomic E-state index is -1.04. The van der Waals surface area contributed by atoms with E-state index in [1.165, 1.54) is 6.07 Å². The molecule has 0 spiro atoms. The van der Waals surface area contributed by atoms with Crippen LogP contribution in [0.2, 0.25) is 0 Å². The zero-order valence-electron chi connectivity index (χ0n) is 14.3. The molecule has 1 aromatic carbocycles. The molecule has 0 radical (unpaired) electrons. The van der Waals surface area contributed by atoms with Crippen molar-refractivity contribution in [2.75, 3.05) is 64.5 Å². The maximum atomic E-state index is 11.0. The topological polar surface area (TPSA) is 105 Å². The summed E-state index contributed by atoms with van der Waals surface area (Å²) in [6.07, 6.45) is 1.79. The predicted octanol–water partition coefficient (Wildman–Crippen LogP) is 0.746. The number of ether oxygens (including phenoxy) is 1. The minimum Gasteiger partial charge on any atom is -0.478 e. The molecule has 1 heterocycles. The second-order valence-electron chi connectivity index (χ2n) is 6.18. The number of anilines is 2. The van der Waals surface area contributed by atoms with Crippen molar-refractivity contribution in [1.29, 1.82) is 0 Å². The third kappa shape index (κ3) is 4.83. The first kappa shape index (κ1) is 18.5. The molecule has 5 N–H and O–H groups in total. The second-order valence-corrected chi connectivity index (χ2v) is 6.18. The average molecular weight is 336 g/mol. The van der Waals surface area contributed by atoms with Crippen LogP contribution in [-0.4, -0.2) is 73.9 Å². The number of nitrogens with two attached hydrogens (primary N) is 2. The van der Waals surface area contributed by atoms with Gasteiger partial charge in [-0.3, -0.25) is 4.90 Å². The molecule has 1 aromatic rings. The molecule has 0 bridgehead atoms. The Bertz CT molecular complexity index is 557. The lowest BCUT2D eigenvalue weighted by Gasteiger charge is -2.34. The Morgan fingerprint density at radius 2 is 1.75 bits per heavy atom. The third-order valence-electron chi connectivity index (χ3n) is 4.60. The molecule has 1 fully saturated rings. The molecule has 0 amide bonds. The minimum absolute atomic E-state index is 0.0726. The largest absolute Gasteiger partial charge is 0.478 e. The van der Waals surface area contributed by atoms with Crippen LogP contribution in [-0.2, 0) is 11.2 Å². The predicted molar refractivity (Wildman–Crippen MR) is 95.3 cm³/mol. The maximum Gasteiger partial charge on any atom is 0.337 e. The standard InChI is InChI=1S/C17H28N4O3/c1-24-12-11-21-9-7-20(8-10-21)6-2-3-13-4-5-14(17(22)23)16(19)15(13)18/h4-5H,2-3,6-12,18-19H2,1H3,(H,22,23). The summed E-state index contributed by atoms with van der Waals surface area (Å²) < 4.78 is 5.12. The monoisotopic (exact) mass is 336 g/mol. The molecule has 0 aliphatic carbocycles. The Balaban J connectivity index is 1.77. The summed E-state index contributed by atoms with van der Waals surface area (Å²) in [5, 5.41) is 9.05. The van der Waals surface area contributed by atoms with Gasteiger partial charge in [0.25, 0.3) is 0 Å². The van der Waals surface area contributed by atoms with E-state index in [4.69, 9.17) is 21.3 Å². The molecular formula is C17H28N4O3. The second kappa shape index (κ2) is 8.86. The molecule has 134 valence electrons. The summed E-state index contributed by atoms with van der Waals surface area (Å²) in [4.78, 5) is 15.9. The van der Waals surface area contributed by atoms with Crippen LogP contribution in [0.4, 0.5) is 11.4 Å². The van der Waals surface area contributed by atoms with Crippen LogP contribution < -0.4 is 11.5 Å². The first-order valence-electron chi connectivity index (χ1n) is 8.36. The first-order valence-corrected chi connectivity index (χ1v) is 8.36. The summed E-state index contributed by atoms with van der Waals surface area (Å²) in [6.45, 7) is 7.08. The van der Waals surface area contributed by atoms with Gasteiger partial charge in [-0.25, -0.2) is 4.79 Å². The van der Waals surface area contributed by atoms with Crippen LogP contribution in [0.5, 0.6) is 0 Å². The van der Waals surface area contributed by atoms with Gasteiger partial charge in [-0.15, -0.1) is 0 Å². The maximum absolute atomic E-state index is 11.0. The van der Waals surface area contributed by atoms with Crippen LogP contribution in [0.1, 0.15) is 22.3 Å². The fourth-order valence-electron chi connectivity index (χ4n) is 3.04. The highest BCUT2D eigenvalue weighted by molar-refractivity contribution is 5.97. The number of aryl methyl sites for hydroxylation is 1. The molecule has 0 saturated carbocycles. The highest BCUT2D eigenvalue weighted by Crippen LogP contribution is 2.25. The molecule has 7 heteroatoms. The van der Waals surface area contributed by atoms with Crippen LogP contribution >= 0.6 is 0 Å². The molecule has 1 saturated heterocycles. The van der Waals surface area contributed by atoms with E-state index in [1.54, 1.807) is 13.2 Å². The van der Waals surface area contributed by atoms with Gasteiger partial charge in [0.1, 0.15) is 0 Å². The average Bonchev–Trinajstić information content (AvgIpc) is 2.57. The number of nitrogens with zero attached hydrogens (tertiary/aromatic N) is 2. The number of rotatable bonds is 8. The number of methoxy groups -OCH3 is 1. The highest BCUT2D eigenvalue weighted by Gasteiger charge is 2.17. The number of carbonyl (C=O) groups is 1. The molecule has 1 aliphatic heterocycles. The molecule has 1 aliphatic rings. The van der Waals surface area contributed by atoms with Crippen molar-refractivity contribution in [3.63, 3.8) is 0 Å². The lowest BCUT2D eigenvalue weighted by atomic mass is 10.0. The number of carboxylic acid groups (broad SMARTS) is 1. The summed E-state index contributed by atoms with van der Waals surface area (Å²) in [6, 6.07) is 3.32. The van der Waals surface area contributed by atoms with Gasteiger partial charge in [0.05, 0.1) is 23.5 Å². The molecule has 2 rings (SSSR count). The van der Waals surface area contributed by atoms with Gasteiger partial charge in [0.2, 0.25) is 0 Å². The Morgan fingerprint density at radius 1 is 1.12 bits per heavy atom. The molecule has 7 nitrogen and oxygen atoms in total. The zero-order valence-corrected chi connectivity index (χ0v) is 14.3. The van der Waals surface area contributed by atoms with Gasteiger partial charge >= 0.3 is 5.97 Å². The van der Waals surface area contributed by atoms with Gasteiger partial charge in [-0.05, 0) is 31.0 Å². The van der Waals surface area contributed by atoms with Crippen molar-refractivity contribution in [2.24, 2.45) is 0 Å². The van der Waals surface area contributed by atoms with Crippen LogP contribution in [0.25, 0.3) is 0 Å². The smallest absolute Gasteiger partial charge is 0.337 e. The Morgan fingerprint density at radius 3 is 2.33 bits per heavy atom. The SMILES string of the molecule is COCCN1CCN(CCCc2ccc(C(=O)O)c(N)c2N)CC1. The number of benzene rings is 1. The van der Waals surface area contributed by atoms with Crippen molar-refractivity contribution < 1.29 is 14.6 Å². The molecular weight excluding hydrogens is 308 g/mol. The molecule has 0 atom stereocenters. The number of nitrogen functional groups attached to an aromatic ring is 2. The molecule has 24 heavy (non-hydrogen) atoms. The van der Waals surface area contributed by atoms with E-state index in [2.05, 4.69) is 9.80 Å². The first-order chi connectivity index (χ1) is 11.5.